The largest absolute Gasteiger partial charge is 0.484 e. The molecular formula is C18H27NO4. The molecule has 0 fully saturated rings. The zero-order valence-corrected chi connectivity index (χ0v) is 14.7. The Hall–Kier alpha value is -2.04. The monoisotopic (exact) mass is 321 g/mol. The quantitative estimate of drug-likeness (QED) is 0.691. The van der Waals surface area contributed by atoms with Crippen LogP contribution in [0.5, 0.6) is 5.75 Å². The summed E-state index contributed by atoms with van der Waals surface area (Å²) in [5.74, 6) is -0.0518. The van der Waals surface area contributed by atoms with E-state index in [0.717, 1.165) is 6.42 Å². The Morgan fingerprint density at radius 2 is 1.74 bits per heavy atom. The maximum atomic E-state index is 11.9. The number of amides is 1. The van der Waals surface area contributed by atoms with Crippen molar-refractivity contribution in [3.05, 3.63) is 29.8 Å². The summed E-state index contributed by atoms with van der Waals surface area (Å²) in [6.45, 7) is 8.39. The Balaban J connectivity index is 2.51. The number of esters is 1. The maximum Gasteiger partial charge on any atom is 0.325 e. The van der Waals surface area contributed by atoms with Gasteiger partial charge in [0.25, 0.3) is 5.91 Å². The number of nitrogens with zero attached hydrogens (tertiary/aromatic N) is 1. The summed E-state index contributed by atoms with van der Waals surface area (Å²) in [4.78, 5) is 24.6. The fraction of sp³-hybridized carbons (Fsp3) is 0.556. The highest BCUT2D eigenvalue weighted by Gasteiger charge is 2.18. The van der Waals surface area contributed by atoms with E-state index in [1.165, 1.54) is 10.5 Å². The van der Waals surface area contributed by atoms with Crippen LogP contribution in [-0.4, -0.2) is 43.6 Å². The highest BCUT2D eigenvalue weighted by atomic mass is 16.5. The van der Waals surface area contributed by atoms with E-state index in [1.807, 2.05) is 24.3 Å². The van der Waals surface area contributed by atoms with Crippen molar-refractivity contribution < 1.29 is 19.1 Å². The van der Waals surface area contributed by atoms with Crippen LogP contribution in [0.3, 0.4) is 0 Å². The van der Waals surface area contributed by atoms with Crippen molar-refractivity contribution >= 4 is 11.9 Å². The zero-order chi connectivity index (χ0) is 17.5. The molecule has 5 nitrogen and oxygen atoms in total. The van der Waals surface area contributed by atoms with Crippen LogP contribution < -0.4 is 4.74 Å². The van der Waals surface area contributed by atoms with E-state index < -0.39 is 5.97 Å². The molecule has 0 aliphatic carbocycles. The normalized spacial score (nSPS) is 11.0. The third-order valence-electron chi connectivity index (χ3n) is 3.98. The van der Waals surface area contributed by atoms with E-state index in [1.54, 1.807) is 14.0 Å². The van der Waals surface area contributed by atoms with E-state index in [2.05, 4.69) is 20.8 Å². The highest BCUT2D eigenvalue weighted by molar-refractivity contribution is 5.82. The van der Waals surface area contributed by atoms with Gasteiger partial charge >= 0.3 is 5.97 Å². The van der Waals surface area contributed by atoms with Gasteiger partial charge in [0.05, 0.1) is 6.61 Å². The van der Waals surface area contributed by atoms with Gasteiger partial charge in [-0.3, -0.25) is 9.59 Å². The van der Waals surface area contributed by atoms with Crippen molar-refractivity contribution in [2.75, 3.05) is 26.8 Å². The molecular weight excluding hydrogens is 294 g/mol. The van der Waals surface area contributed by atoms with E-state index in [0.29, 0.717) is 12.4 Å². The molecule has 23 heavy (non-hydrogen) atoms. The number of hydrogen-bond acceptors (Lipinski definition) is 4. The molecule has 1 aromatic carbocycles. The van der Waals surface area contributed by atoms with Gasteiger partial charge in [-0.2, -0.15) is 0 Å². The van der Waals surface area contributed by atoms with E-state index in [-0.39, 0.29) is 24.5 Å². The van der Waals surface area contributed by atoms with Crippen molar-refractivity contribution in [2.24, 2.45) is 0 Å². The van der Waals surface area contributed by atoms with Crippen LogP contribution in [0.15, 0.2) is 24.3 Å². The van der Waals surface area contributed by atoms with Crippen LogP contribution in [0, 0.1) is 0 Å². The number of rotatable bonds is 8. The van der Waals surface area contributed by atoms with Crippen molar-refractivity contribution in [3.8, 4) is 5.75 Å². The summed E-state index contributed by atoms with van der Waals surface area (Å²) in [6, 6.07) is 7.77. The number of benzene rings is 1. The number of carbonyl (C=O) groups excluding carboxylic acids is 2. The first-order valence-corrected chi connectivity index (χ1v) is 7.93. The molecule has 0 spiro atoms. The van der Waals surface area contributed by atoms with Crippen molar-refractivity contribution in [1.82, 2.24) is 4.90 Å². The third kappa shape index (κ3) is 5.93. The minimum atomic E-state index is -0.422. The predicted molar refractivity (Wildman–Crippen MR) is 89.5 cm³/mol. The molecule has 1 aromatic rings. The van der Waals surface area contributed by atoms with Crippen LogP contribution in [0.25, 0.3) is 0 Å². The first-order valence-electron chi connectivity index (χ1n) is 7.93. The summed E-state index contributed by atoms with van der Waals surface area (Å²) in [6.07, 6.45) is 1.05. The minimum absolute atomic E-state index is 0.0698. The number of ether oxygens (including phenoxy) is 2. The van der Waals surface area contributed by atoms with Crippen LogP contribution in [-0.2, 0) is 19.7 Å². The molecule has 128 valence electrons. The average molecular weight is 321 g/mol. The molecule has 0 saturated heterocycles. The number of carbonyl (C=O) groups is 2. The zero-order valence-electron chi connectivity index (χ0n) is 14.7. The lowest BCUT2D eigenvalue weighted by Gasteiger charge is -2.23. The molecule has 0 N–H and O–H groups in total. The second-order valence-electron chi connectivity index (χ2n) is 6.11. The highest BCUT2D eigenvalue weighted by Crippen LogP contribution is 2.27. The summed E-state index contributed by atoms with van der Waals surface area (Å²) >= 11 is 0. The Kier molecular flexibility index (Phi) is 7.07. The predicted octanol–water partition coefficient (Wildman–Crippen LogP) is 2.77. The fourth-order valence-electron chi connectivity index (χ4n) is 1.95. The second-order valence-corrected chi connectivity index (χ2v) is 6.11. The molecule has 0 unspecified atom stereocenters. The van der Waals surface area contributed by atoms with Gasteiger partial charge in [-0.15, -0.1) is 0 Å². The Morgan fingerprint density at radius 1 is 1.13 bits per heavy atom. The van der Waals surface area contributed by atoms with Gasteiger partial charge in [-0.05, 0) is 36.5 Å². The van der Waals surface area contributed by atoms with Gasteiger partial charge in [0, 0.05) is 7.05 Å². The van der Waals surface area contributed by atoms with Gasteiger partial charge in [0.15, 0.2) is 6.61 Å². The summed E-state index contributed by atoms with van der Waals surface area (Å²) in [5, 5.41) is 0. The lowest BCUT2D eigenvalue weighted by Crippen LogP contribution is -2.36. The van der Waals surface area contributed by atoms with E-state index >= 15 is 0 Å². The molecule has 0 atom stereocenters. The summed E-state index contributed by atoms with van der Waals surface area (Å²) in [5.41, 5.74) is 1.35. The Bertz CT molecular complexity index is 522. The van der Waals surface area contributed by atoms with Gasteiger partial charge in [0.2, 0.25) is 0 Å². The molecule has 1 rings (SSSR count). The van der Waals surface area contributed by atoms with Gasteiger partial charge in [-0.25, -0.2) is 0 Å². The SMILES string of the molecule is CCOC(=O)CN(C)C(=O)COc1ccc(C(C)(C)CC)cc1. The molecule has 0 bridgehead atoms. The van der Waals surface area contributed by atoms with Crippen LogP contribution in [0.4, 0.5) is 0 Å². The molecule has 0 saturated carbocycles. The molecule has 0 heterocycles. The molecule has 5 heteroatoms. The van der Waals surface area contributed by atoms with E-state index in [4.69, 9.17) is 9.47 Å². The lowest BCUT2D eigenvalue weighted by molar-refractivity contribution is -0.148. The van der Waals surface area contributed by atoms with Crippen LogP contribution >= 0.6 is 0 Å². The fourth-order valence-corrected chi connectivity index (χ4v) is 1.95. The molecule has 0 aliphatic heterocycles. The second kappa shape index (κ2) is 8.56. The smallest absolute Gasteiger partial charge is 0.325 e. The Morgan fingerprint density at radius 3 is 2.26 bits per heavy atom. The minimum Gasteiger partial charge on any atom is -0.484 e. The average Bonchev–Trinajstić information content (AvgIpc) is 2.53. The summed E-state index contributed by atoms with van der Waals surface area (Å²) in [7, 11) is 1.55. The molecule has 0 radical (unpaired) electrons. The number of likely N-dealkylation sites (N-methyl/N-ethyl adjacent to an activating group) is 1. The first kappa shape index (κ1) is 19.0. The summed E-state index contributed by atoms with van der Waals surface area (Å²) < 4.78 is 10.3. The lowest BCUT2D eigenvalue weighted by atomic mass is 9.82. The van der Waals surface area contributed by atoms with Gasteiger partial charge in [-0.1, -0.05) is 32.9 Å². The Labute approximate surface area is 138 Å². The standard InChI is InChI=1S/C18H27NO4/c1-6-18(3,4)14-8-10-15(11-9-14)23-13-16(20)19(5)12-17(21)22-7-2/h8-11H,6-7,12-13H2,1-5H3. The molecule has 0 aromatic heterocycles. The van der Waals surface area contributed by atoms with Crippen LogP contribution in [0.2, 0.25) is 0 Å². The van der Waals surface area contributed by atoms with Crippen molar-refractivity contribution in [3.63, 3.8) is 0 Å². The molecule has 0 aliphatic rings. The molecule has 1 amide bonds. The van der Waals surface area contributed by atoms with Crippen LogP contribution in [0.1, 0.15) is 39.7 Å². The third-order valence-corrected chi connectivity index (χ3v) is 3.98. The van der Waals surface area contributed by atoms with E-state index in [9.17, 15) is 9.59 Å². The first-order chi connectivity index (χ1) is 10.8. The number of hydrogen-bond donors (Lipinski definition) is 0. The maximum absolute atomic E-state index is 11.9. The van der Waals surface area contributed by atoms with Gasteiger partial charge in [0.1, 0.15) is 12.3 Å². The van der Waals surface area contributed by atoms with Crippen molar-refractivity contribution in [1.29, 1.82) is 0 Å². The van der Waals surface area contributed by atoms with Crippen molar-refractivity contribution in [2.45, 2.75) is 39.5 Å². The van der Waals surface area contributed by atoms with Gasteiger partial charge < -0.3 is 14.4 Å². The topological polar surface area (TPSA) is 55.8 Å².